The maximum absolute atomic E-state index is 11.8. The minimum absolute atomic E-state index is 0.0302. The van der Waals surface area contributed by atoms with Crippen molar-refractivity contribution >= 4 is 11.6 Å². The lowest BCUT2D eigenvalue weighted by molar-refractivity contribution is 0.536. The zero-order chi connectivity index (χ0) is 12.7. The Hall–Kier alpha value is -0.830. The number of halogens is 1. The van der Waals surface area contributed by atoms with Crippen LogP contribution in [-0.4, -0.2) is 9.55 Å². The monoisotopic (exact) mass is 256 g/mol. The molecule has 0 saturated heterocycles. The molecule has 0 aliphatic carbocycles. The Kier molecular flexibility index (Phi) is 6.27. The number of hydrogen-bond donors (Lipinski definition) is 0. The molecule has 0 atom stereocenters. The van der Waals surface area contributed by atoms with E-state index in [9.17, 15) is 4.79 Å². The van der Waals surface area contributed by atoms with E-state index in [0.717, 1.165) is 25.2 Å². The Morgan fingerprint density at radius 1 is 1.24 bits per heavy atom. The van der Waals surface area contributed by atoms with Crippen molar-refractivity contribution in [2.45, 2.75) is 58.9 Å². The third-order valence-corrected chi connectivity index (χ3v) is 3.05. The van der Waals surface area contributed by atoms with E-state index >= 15 is 0 Å². The van der Waals surface area contributed by atoms with E-state index in [2.05, 4.69) is 11.9 Å². The third-order valence-electron chi connectivity index (χ3n) is 2.86. The van der Waals surface area contributed by atoms with Gasteiger partial charge in [-0.2, -0.15) is 0 Å². The topological polar surface area (TPSA) is 34.9 Å². The van der Waals surface area contributed by atoms with Crippen molar-refractivity contribution in [3.05, 3.63) is 27.4 Å². The van der Waals surface area contributed by atoms with Gasteiger partial charge in [-0.15, -0.1) is 0 Å². The SMILES string of the molecule is CCCCCCCn1c(CC)nc(Cl)cc1=O. The molecule has 0 aliphatic rings. The number of aryl methyl sites for hydroxylation is 1. The van der Waals surface area contributed by atoms with Crippen LogP contribution in [0.25, 0.3) is 0 Å². The van der Waals surface area contributed by atoms with Gasteiger partial charge in [0.05, 0.1) is 0 Å². The second kappa shape index (κ2) is 7.49. The summed E-state index contributed by atoms with van der Waals surface area (Å²) in [6.07, 6.45) is 6.71. The molecule has 0 unspecified atom stereocenters. The maximum atomic E-state index is 11.8. The standard InChI is InChI=1S/C13H21ClN2O/c1-3-5-6-7-8-9-16-12(4-2)15-11(14)10-13(16)17/h10H,3-9H2,1-2H3. The summed E-state index contributed by atoms with van der Waals surface area (Å²) in [4.78, 5) is 16.0. The number of rotatable bonds is 7. The van der Waals surface area contributed by atoms with Crippen LogP contribution in [0.15, 0.2) is 10.9 Å². The number of nitrogens with zero attached hydrogens (tertiary/aromatic N) is 2. The lowest BCUT2D eigenvalue weighted by Gasteiger charge is -2.10. The fourth-order valence-corrected chi connectivity index (χ4v) is 2.10. The molecule has 1 aromatic rings. The fraction of sp³-hybridized carbons (Fsp3) is 0.692. The van der Waals surface area contributed by atoms with Crippen LogP contribution in [-0.2, 0) is 13.0 Å². The highest BCUT2D eigenvalue weighted by atomic mass is 35.5. The van der Waals surface area contributed by atoms with Crippen LogP contribution in [0, 0.1) is 0 Å². The molecule has 1 heterocycles. The molecular formula is C13H21ClN2O. The summed E-state index contributed by atoms with van der Waals surface area (Å²) >= 11 is 5.78. The molecule has 0 spiro atoms. The van der Waals surface area contributed by atoms with Crippen LogP contribution >= 0.6 is 11.6 Å². The molecule has 0 amide bonds. The summed E-state index contributed by atoms with van der Waals surface area (Å²) < 4.78 is 1.75. The minimum Gasteiger partial charge on any atom is -0.297 e. The highest BCUT2D eigenvalue weighted by Crippen LogP contribution is 2.07. The Morgan fingerprint density at radius 2 is 1.94 bits per heavy atom. The molecule has 0 aromatic carbocycles. The van der Waals surface area contributed by atoms with Gasteiger partial charge in [-0.3, -0.25) is 9.36 Å². The summed E-state index contributed by atoms with van der Waals surface area (Å²) in [5.41, 5.74) is -0.0302. The molecule has 0 radical (unpaired) electrons. The highest BCUT2D eigenvalue weighted by Gasteiger charge is 2.05. The largest absolute Gasteiger partial charge is 0.297 e. The van der Waals surface area contributed by atoms with E-state index in [1.165, 1.54) is 31.7 Å². The molecule has 3 nitrogen and oxygen atoms in total. The van der Waals surface area contributed by atoms with Crippen molar-refractivity contribution < 1.29 is 0 Å². The minimum atomic E-state index is -0.0302. The van der Waals surface area contributed by atoms with Crippen LogP contribution in [0.1, 0.15) is 51.8 Å². The molecule has 96 valence electrons. The Labute approximate surface area is 108 Å². The van der Waals surface area contributed by atoms with E-state index in [4.69, 9.17) is 11.6 Å². The van der Waals surface area contributed by atoms with Gasteiger partial charge in [0.25, 0.3) is 5.56 Å². The average molecular weight is 257 g/mol. The van der Waals surface area contributed by atoms with Crippen LogP contribution in [0.3, 0.4) is 0 Å². The highest BCUT2D eigenvalue weighted by molar-refractivity contribution is 6.29. The first-order valence-electron chi connectivity index (χ1n) is 6.45. The molecule has 17 heavy (non-hydrogen) atoms. The smallest absolute Gasteiger partial charge is 0.254 e. The molecule has 0 fully saturated rings. The average Bonchev–Trinajstić information content (AvgIpc) is 2.30. The van der Waals surface area contributed by atoms with Crippen LogP contribution in [0.5, 0.6) is 0 Å². The Morgan fingerprint density at radius 3 is 2.59 bits per heavy atom. The lowest BCUT2D eigenvalue weighted by Crippen LogP contribution is -2.24. The summed E-state index contributed by atoms with van der Waals surface area (Å²) in [5.74, 6) is 0.790. The van der Waals surface area contributed by atoms with Crippen molar-refractivity contribution in [1.82, 2.24) is 9.55 Å². The van der Waals surface area contributed by atoms with Crippen molar-refractivity contribution in [1.29, 1.82) is 0 Å². The van der Waals surface area contributed by atoms with Gasteiger partial charge >= 0.3 is 0 Å². The lowest BCUT2D eigenvalue weighted by atomic mass is 10.1. The van der Waals surface area contributed by atoms with Crippen molar-refractivity contribution in [2.24, 2.45) is 0 Å². The first-order valence-corrected chi connectivity index (χ1v) is 6.83. The Bertz CT molecular complexity index is 401. The van der Waals surface area contributed by atoms with Crippen LogP contribution < -0.4 is 5.56 Å². The first-order chi connectivity index (χ1) is 8.19. The first kappa shape index (κ1) is 14.2. The molecule has 0 aliphatic heterocycles. The van der Waals surface area contributed by atoms with Crippen molar-refractivity contribution in [3.63, 3.8) is 0 Å². The van der Waals surface area contributed by atoms with E-state index < -0.39 is 0 Å². The van der Waals surface area contributed by atoms with Crippen molar-refractivity contribution in [3.8, 4) is 0 Å². The molecule has 1 aromatic heterocycles. The van der Waals surface area contributed by atoms with E-state index in [1.54, 1.807) is 4.57 Å². The van der Waals surface area contributed by atoms with Gasteiger partial charge in [-0.05, 0) is 6.42 Å². The molecule has 1 rings (SSSR count). The molecule has 0 N–H and O–H groups in total. The van der Waals surface area contributed by atoms with Gasteiger partial charge in [0.1, 0.15) is 11.0 Å². The maximum Gasteiger partial charge on any atom is 0.254 e. The summed E-state index contributed by atoms with van der Waals surface area (Å²) in [7, 11) is 0. The molecule has 0 bridgehead atoms. The van der Waals surface area contributed by atoms with E-state index in [1.807, 2.05) is 6.92 Å². The summed E-state index contributed by atoms with van der Waals surface area (Å²) in [6.45, 7) is 4.95. The Balaban J connectivity index is 2.61. The predicted molar refractivity (Wildman–Crippen MR) is 71.6 cm³/mol. The fourth-order valence-electron chi connectivity index (χ4n) is 1.91. The number of unbranched alkanes of at least 4 members (excludes halogenated alkanes) is 4. The van der Waals surface area contributed by atoms with Gasteiger partial charge < -0.3 is 0 Å². The summed E-state index contributed by atoms with van der Waals surface area (Å²) in [6, 6.07) is 1.40. The van der Waals surface area contributed by atoms with Crippen LogP contribution in [0.4, 0.5) is 0 Å². The zero-order valence-electron chi connectivity index (χ0n) is 10.7. The van der Waals surface area contributed by atoms with Gasteiger partial charge in [0.15, 0.2) is 0 Å². The normalized spacial score (nSPS) is 10.8. The van der Waals surface area contributed by atoms with Crippen molar-refractivity contribution in [2.75, 3.05) is 0 Å². The predicted octanol–water partition coefficient (Wildman–Crippen LogP) is 3.43. The number of aromatic nitrogens is 2. The molecule has 4 heteroatoms. The number of hydrogen-bond acceptors (Lipinski definition) is 2. The quantitative estimate of drug-likeness (QED) is 0.553. The molecular weight excluding hydrogens is 236 g/mol. The van der Waals surface area contributed by atoms with Gasteiger partial charge in [-0.1, -0.05) is 51.1 Å². The van der Waals surface area contributed by atoms with E-state index in [0.29, 0.717) is 5.15 Å². The second-order valence-corrected chi connectivity index (χ2v) is 4.64. The van der Waals surface area contributed by atoms with Gasteiger partial charge in [-0.25, -0.2) is 4.98 Å². The third kappa shape index (κ3) is 4.50. The molecule has 0 saturated carbocycles. The second-order valence-electron chi connectivity index (χ2n) is 4.25. The van der Waals surface area contributed by atoms with E-state index in [-0.39, 0.29) is 5.56 Å². The zero-order valence-corrected chi connectivity index (χ0v) is 11.5. The van der Waals surface area contributed by atoms with Crippen LogP contribution in [0.2, 0.25) is 5.15 Å². The summed E-state index contributed by atoms with van der Waals surface area (Å²) in [5, 5.41) is 0.300. The van der Waals surface area contributed by atoms with Gasteiger partial charge in [0, 0.05) is 19.0 Å². The van der Waals surface area contributed by atoms with Gasteiger partial charge in [0.2, 0.25) is 0 Å².